The molecule has 29 heavy (non-hydrogen) atoms. The summed E-state index contributed by atoms with van der Waals surface area (Å²) >= 11 is 11.9. The maximum atomic E-state index is 12.2. The number of nitrogens with one attached hydrogen (secondary N) is 2. The van der Waals surface area contributed by atoms with Crippen LogP contribution in [0.2, 0.25) is 10.0 Å². The Morgan fingerprint density at radius 3 is 2.34 bits per heavy atom. The van der Waals surface area contributed by atoms with Gasteiger partial charge in [0, 0.05) is 0 Å². The monoisotopic (exact) mass is 430 g/mol. The molecule has 0 atom stereocenters. The van der Waals surface area contributed by atoms with E-state index in [1.54, 1.807) is 6.07 Å². The van der Waals surface area contributed by atoms with E-state index in [-0.39, 0.29) is 27.3 Å². The molecule has 0 saturated carbocycles. The van der Waals surface area contributed by atoms with Gasteiger partial charge in [-0.1, -0.05) is 47.0 Å². The minimum absolute atomic E-state index is 0.00860. The van der Waals surface area contributed by atoms with Crippen LogP contribution in [0.1, 0.15) is 21.5 Å². The van der Waals surface area contributed by atoms with E-state index < -0.39 is 11.9 Å². The first-order chi connectivity index (χ1) is 13.8. The zero-order chi connectivity index (χ0) is 21.0. The lowest BCUT2D eigenvalue weighted by Gasteiger charge is -2.10. The minimum atomic E-state index is -0.802. The molecule has 0 aliphatic rings. The second kappa shape index (κ2) is 8.89. The number of urea groups is 1. The number of benzene rings is 2. The Labute approximate surface area is 177 Å². The number of amides is 3. The summed E-state index contributed by atoms with van der Waals surface area (Å²) in [6, 6.07) is 9.56. The lowest BCUT2D eigenvalue weighted by atomic mass is 10.1. The van der Waals surface area contributed by atoms with Gasteiger partial charge in [0.15, 0.2) is 5.82 Å². The van der Waals surface area contributed by atoms with Gasteiger partial charge in [0.1, 0.15) is 5.75 Å². The van der Waals surface area contributed by atoms with Crippen LogP contribution in [0.4, 0.5) is 10.6 Å². The number of anilines is 1. The van der Waals surface area contributed by atoms with Gasteiger partial charge in [0.05, 0.1) is 28.0 Å². The number of aromatic nitrogens is 2. The summed E-state index contributed by atoms with van der Waals surface area (Å²) in [7, 11) is 0. The molecular formula is C20H16Cl2N4O3. The van der Waals surface area contributed by atoms with Gasteiger partial charge in [0.25, 0.3) is 5.91 Å². The fourth-order valence-electron chi connectivity index (χ4n) is 2.49. The summed E-state index contributed by atoms with van der Waals surface area (Å²) in [5.74, 6) is 0.321. The fourth-order valence-corrected chi connectivity index (χ4v) is 3.06. The Balaban J connectivity index is 1.62. The van der Waals surface area contributed by atoms with Crippen molar-refractivity contribution in [2.45, 2.75) is 13.8 Å². The van der Waals surface area contributed by atoms with Crippen molar-refractivity contribution in [3.8, 4) is 11.6 Å². The number of halogens is 2. The second-order valence-corrected chi connectivity index (χ2v) is 6.93. The Hall–Kier alpha value is -3.16. The molecule has 0 spiro atoms. The van der Waals surface area contributed by atoms with Gasteiger partial charge in [-0.15, -0.1) is 0 Å². The topological polar surface area (TPSA) is 93.2 Å². The van der Waals surface area contributed by atoms with Crippen molar-refractivity contribution >= 4 is 41.0 Å². The number of ether oxygens (including phenoxy) is 1. The van der Waals surface area contributed by atoms with Crippen LogP contribution < -0.4 is 15.4 Å². The minimum Gasteiger partial charge on any atom is -0.437 e. The summed E-state index contributed by atoms with van der Waals surface area (Å²) in [6.45, 7) is 3.92. The molecule has 1 aromatic heterocycles. The van der Waals surface area contributed by atoms with Crippen LogP contribution >= 0.6 is 23.2 Å². The highest BCUT2D eigenvalue weighted by Crippen LogP contribution is 2.25. The van der Waals surface area contributed by atoms with Crippen LogP contribution in [-0.4, -0.2) is 21.9 Å². The summed E-state index contributed by atoms with van der Waals surface area (Å²) in [4.78, 5) is 32.4. The largest absolute Gasteiger partial charge is 0.437 e. The van der Waals surface area contributed by atoms with Crippen molar-refractivity contribution in [1.82, 2.24) is 15.3 Å². The molecule has 148 valence electrons. The van der Waals surface area contributed by atoms with Crippen LogP contribution in [0, 0.1) is 13.8 Å². The average Bonchev–Trinajstić information content (AvgIpc) is 2.65. The van der Waals surface area contributed by atoms with Gasteiger partial charge >= 0.3 is 6.03 Å². The Bertz CT molecular complexity index is 1050. The predicted octanol–water partition coefficient (Wildman–Crippen LogP) is 5.15. The molecule has 0 aliphatic heterocycles. The molecule has 7 nitrogen and oxygen atoms in total. The Kier molecular flexibility index (Phi) is 6.31. The fraction of sp³-hybridized carbons (Fsp3) is 0.100. The first kappa shape index (κ1) is 20.6. The summed E-state index contributed by atoms with van der Waals surface area (Å²) in [6.07, 6.45) is 2.67. The molecule has 0 fully saturated rings. The number of hydrogen-bond acceptors (Lipinski definition) is 5. The molecule has 9 heteroatoms. The number of hydrogen-bond donors (Lipinski definition) is 2. The van der Waals surface area contributed by atoms with Gasteiger partial charge in [-0.3, -0.25) is 15.4 Å². The lowest BCUT2D eigenvalue weighted by Crippen LogP contribution is -2.34. The van der Waals surface area contributed by atoms with E-state index in [4.69, 9.17) is 27.9 Å². The molecule has 2 N–H and O–H groups in total. The molecule has 0 saturated heterocycles. The van der Waals surface area contributed by atoms with Gasteiger partial charge in [-0.05, 0) is 37.6 Å². The van der Waals surface area contributed by atoms with Gasteiger partial charge < -0.3 is 4.74 Å². The first-order valence-electron chi connectivity index (χ1n) is 8.47. The third kappa shape index (κ3) is 5.22. The molecule has 0 radical (unpaired) electrons. The molecule has 1 heterocycles. The Morgan fingerprint density at radius 2 is 1.72 bits per heavy atom. The van der Waals surface area contributed by atoms with Crippen molar-refractivity contribution in [2.75, 3.05) is 5.32 Å². The summed E-state index contributed by atoms with van der Waals surface area (Å²) < 4.78 is 5.69. The second-order valence-electron chi connectivity index (χ2n) is 6.12. The van der Waals surface area contributed by atoms with Gasteiger partial charge in [-0.2, -0.15) is 0 Å². The third-order valence-corrected chi connectivity index (χ3v) is 4.46. The summed E-state index contributed by atoms with van der Waals surface area (Å²) in [5.41, 5.74) is 2.10. The van der Waals surface area contributed by atoms with E-state index in [2.05, 4.69) is 20.6 Å². The highest BCUT2D eigenvalue weighted by Gasteiger charge is 2.17. The normalized spacial score (nSPS) is 10.3. The zero-order valence-electron chi connectivity index (χ0n) is 15.5. The van der Waals surface area contributed by atoms with Crippen LogP contribution in [0.3, 0.4) is 0 Å². The molecule has 3 aromatic rings. The van der Waals surface area contributed by atoms with Gasteiger partial charge in [-0.25, -0.2) is 14.8 Å². The van der Waals surface area contributed by atoms with Gasteiger partial charge in [0.2, 0.25) is 5.88 Å². The molecule has 3 amide bonds. The first-order valence-corrected chi connectivity index (χ1v) is 9.22. The standard InChI is InChI=1S/C20H16Cl2N4O3/c1-11-6-7-15(12(2)8-11)29-17-10-23-16(9-24-17)25-20(28)26-19(27)18-13(21)4-3-5-14(18)22/h3-10H,1-2H3,(H2,23,25,26,27,28). The average molecular weight is 431 g/mol. The molecule has 0 aliphatic carbocycles. The van der Waals surface area contributed by atoms with E-state index in [0.29, 0.717) is 5.75 Å². The highest BCUT2D eigenvalue weighted by molar-refractivity contribution is 6.40. The lowest BCUT2D eigenvalue weighted by molar-refractivity contribution is 0.0967. The van der Waals surface area contributed by atoms with Crippen LogP contribution in [0.15, 0.2) is 48.8 Å². The molecule has 0 unspecified atom stereocenters. The van der Waals surface area contributed by atoms with Crippen molar-refractivity contribution in [3.63, 3.8) is 0 Å². The number of carbonyl (C=O) groups is 2. The van der Waals surface area contributed by atoms with Crippen molar-refractivity contribution in [3.05, 3.63) is 75.5 Å². The zero-order valence-corrected chi connectivity index (χ0v) is 17.0. The Morgan fingerprint density at radius 1 is 1.00 bits per heavy atom. The SMILES string of the molecule is Cc1ccc(Oc2cnc(NC(=O)NC(=O)c3c(Cl)cccc3Cl)cn2)c(C)c1. The molecule has 3 rings (SSSR count). The number of rotatable bonds is 4. The maximum absolute atomic E-state index is 12.2. The number of nitrogens with zero attached hydrogens (tertiary/aromatic N) is 2. The van der Waals surface area contributed by atoms with E-state index in [9.17, 15) is 9.59 Å². The molecule has 2 aromatic carbocycles. The van der Waals surface area contributed by atoms with Crippen molar-refractivity contribution in [1.29, 1.82) is 0 Å². The molecule has 0 bridgehead atoms. The number of imide groups is 1. The highest BCUT2D eigenvalue weighted by atomic mass is 35.5. The van der Waals surface area contributed by atoms with Crippen molar-refractivity contribution in [2.24, 2.45) is 0 Å². The smallest absolute Gasteiger partial charge is 0.327 e. The van der Waals surface area contributed by atoms with E-state index in [1.165, 1.54) is 24.5 Å². The number of aryl methyl sites for hydroxylation is 2. The predicted molar refractivity (Wildman–Crippen MR) is 111 cm³/mol. The number of carbonyl (C=O) groups excluding carboxylic acids is 2. The van der Waals surface area contributed by atoms with E-state index in [1.807, 2.05) is 32.0 Å². The van der Waals surface area contributed by atoms with Crippen LogP contribution in [0.25, 0.3) is 0 Å². The summed E-state index contributed by atoms with van der Waals surface area (Å²) in [5, 5.41) is 4.81. The molecular weight excluding hydrogens is 415 g/mol. The quantitative estimate of drug-likeness (QED) is 0.596. The van der Waals surface area contributed by atoms with Crippen molar-refractivity contribution < 1.29 is 14.3 Å². The van der Waals surface area contributed by atoms with E-state index in [0.717, 1.165) is 11.1 Å². The third-order valence-electron chi connectivity index (χ3n) is 3.83. The van der Waals surface area contributed by atoms with E-state index >= 15 is 0 Å². The maximum Gasteiger partial charge on any atom is 0.327 e. The van der Waals surface area contributed by atoms with Crippen LogP contribution in [-0.2, 0) is 0 Å². The van der Waals surface area contributed by atoms with Crippen LogP contribution in [0.5, 0.6) is 11.6 Å².